The van der Waals surface area contributed by atoms with Crippen molar-refractivity contribution in [3.63, 3.8) is 0 Å². The number of nitrogens with one attached hydrogen (secondary N) is 2. The third-order valence-corrected chi connectivity index (χ3v) is 28.3. The van der Waals surface area contributed by atoms with Crippen molar-refractivity contribution in [2.75, 3.05) is 20.7 Å². The first-order valence-corrected chi connectivity index (χ1v) is 37.2. The Bertz CT molecular complexity index is 2800. The van der Waals surface area contributed by atoms with E-state index >= 15 is 0 Å². The van der Waals surface area contributed by atoms with Crippen LogP contribution in [-0.2, 0) is 84.5 Å². The predicted octanol–water partition coefficient (Wildman–Crippen LogP) is 9.09. The van der Waals surface area contributed by atoms with Gasteiger partial charge >= 0.3 is 9.75 Å². The van der Waals surface area contributed by atoms with Crippen molar-refractivity contribution in [2.45, 2.75) is 11.8 Å². The maximum absolute atomic E-state index is 11.2. The number of hydrogen-bond acceptors (Lipinski definition) is 23. The largest absolute Gasteiger partial charge is 0.470 e. The van der Waals surface area contributed by atoms with E-state index in [1.807, 2.05) is 67.6 Å². The molecule has 0 bridgehead atoms. The van der Waals surface area contributed by atoms with Gasteiger partial charge in [-0.25, -0.2) is 13.4 Å². The molecule has 7 rings (SSSR count). The summed E-state index contributed by atoms with van der Waals surface area (Å²) >= 11 is 14.2. The van der Waals surface area contributed by atoms with E-state index in [2.05, 4.69) is 48.0 Å². The van der Waals surface area contributed by atoms with E-state index in [-0.39, 0.29) is 30.2 Å². The molecular weight excluding hydrogens is 1180 g/mol. The summed E-state index contributed by atoms with van der Waals surface area (Å²) in [7, 11) is 19.0. The lowest BCUT2D eigenvalue weighted by Crippen LogP contribution is -2.13. The number of amides is 2. The quantitative estimate of drug-likeness (QED) is 0.125. The Balaban J connectivity index is 0.000000262. The molecule has 3 aromatic heterocycles. The molecule has 0 aliphatic carbocycles. The third kappa shape index (κ3) is 24.3. The van der Waals surface area contributed by atoms with E-state index < -0.39 is 8.87 Å². The van der Waals surface area contributed by atoms with Crippen LogP contribution >= 0.6 is 107 Å². The zero-order valence-corrected chi connectivity index (χ0v) is 47.2. The highest BCUT2D eigenvalue weighted by molar-refractivity contribution is 8.87. The fourth-order valence-corrected chi connectivity index (χ4v) is 23.7. The Morgan fingerprint density at radius 3 is 1.54 bits per heavy atom. The second-order valence-corrected chi connectivity index (χ2v) is 32.9. The maximum atomic E-state index is 11.2. The standard InChI is InChI=1S/C8H5NOS2.C8H5NS3.C7H4O3S2.C4H8N2O2S2.C4H5NO2S2.S8/c2*10-8-9-7(11-12-8)6-4-2-1-3-5-6;8-7-5-3-1-2-4-6(5)12(9,10)11-7;1-5-3(7)9-10-4(8)6-2;1-2-7-4-5-3(6)8-9-4;1-3-5-7-8-6-4-2/h2*1-5H;1-4H;1-2H3,(H,5,7)(H,6,8);2H2,1H3;. The van der Waals surface area contributed by atoms with Crippen molar-refractivity contribution in [1.29, 1.82) is 0 Å². The van der Waals surface area contributed by atoms with Crippen LogP contribution in [0.2, 0.25) is 0 Å². The molecule has 0 saturated carbocycles. The van der Waals surface area contributed by atoms with Gasteiger partial charge in [-0.2, -0.15) is 9.97 Å². The van der Waals surface area contributed by atoms with Crippen LogP contribution in [0, 0.1) is 3.95 Å². The van der Waals surface area contributed by atoms with Gasteiger partial charge in [0.15, 0.2) is 3.95 Å². The van der Waals surface area contributed by atoms with Crippen LogP contribution in [0.15, 0.2) is 99.4 Å². The van der Waals surface area contributed by atoms with Crippen molar-refractivity contribution >= 4 is 207 Å². The fraction of sp³-hybridized carbons (Fsp3) is 0.129. The van der Waals surface area contributed by atoms with Crippen molar-refractivity contribution < 1.29 is 27.5 Å². The molecule has 6 aromatic rings. The van der Waals surface area contributed by atoms with Gasteiger partial charge in [0.2, 0.25) is 14.0 Å². The molecule has 1 aliphatic heterocycles. The van der Waals surface area contributed by atoms with Gasteiger partial charge in [-0.05, 0) is 72.6 Å². The minimum atomic E-state index is -3.39. The predicted molar refractivity (Wildman–Crippen MR) is 294 cm³/mol. The summed E-state index contributed by atoms with van der Waals surface area (Å²) in [5.41, 5.74) is 2.46. The molecule has 338 valence electrons. The van der Waals surface area contributed by atoms with E-state index in [9.17, 15) is 32.4 Å². The Labute approximate surface area is 426 Å². The van der Waals surface area contributed by atoms with Gasteiger partial charge in [0, 0.05) is 128 Å². The first-order valence-electron chi connectivity index (χ1n) is 16.0. The van der Waals surface area contributed by atoms with Crippen molar-refractivity contribution in [3.05, 3.63) is 114 Å². The molecule has 63 heavy (non-hydrogen) atoms. The molecule has 0 saturated heterocycles. The monoisotopic (exact) mass is 1200 g/mol. The first-order chi connectivity index (χ1) is 30.3. The van der Waals surface area contributed by atoms with Gasteiger partial charge in [0.05, 0.1) is 22.3 Å². The van der Waals surface area contributed by atoms with Crippen LogP contribution in [0.3, 0.4) is 0 Å². The zero-order valence-electron chi connectivity index (χ0n) is 31.7. The number of rotatable bonds is 4. The second-order valence-electron chi connectivity index (χ2n) is 9.65. The van der Waals surface area contributed by atoms with Crippen LogP contribution in [0.1, 0.15) is 17.3 Å². The van der Waals surface area contributed by atoms with Crippen molar-refractivity contribution in [3.8, 4) is 26.3 Å². The van der Waals surface area contributed by atoms with Gasteiger partial charge in [-0.1, -0.05) is 93.5 Å². The number of aromatic nitrogens is 3. The van der Waals surface area contributed by atoms with Crippen LogP contribution in [0.4, 0.5) is 9.59 Å². The number of carbonyl (C=O) groups is 3. The summed E-state index contributed by atoms with van der Waals surface area (Å²) in [5.74, 6) is 0. The number of benzene rings is 3. The van der Waals surface area contributed by atoms with E-state index in [1.165, 1.54) is 75.0 Å². The summed E-state index contributed by atoms with van der Waals surface area (Å²) in [4.78, 5) is 64.7. The molecule has 1 aliphatic rings. The molecule has 4 heterocycles. The highest BCUT2D eigenvalue weighted by Crippen LogP contribution is 2.37. The summed E-state index contributed by atoms with van der Waals surface area (Å²) in [6.45, 7) is 2.43. The number of ether oxygens (including phenoxy) is 1. The van der Waals surface area contributed by atoms with Crippen LogP contribution in [0.5, 0.6) is 5.19 Å². The lowest BCUT2D eigenvalue weighted by atomic mass is 10.2. The smallest absolute Gasteiger partial charge is 0.340 e. The van der Waals surface area contributed by atoms with Gasteiger partial charge in [-0.3, -0.25) is 24.0 Å². The van der Waals surface area contributed by atoms with E-state index in [0.717, 1.165) is 57.0 Å². The van der Waals surface area contributed by atoms with E-state index in [1.54, 1.807) is 68.3 Å². The normalized spacial score (nSPS) is 11.0. The molecule has 2 N–H and O–H groups in total. The van der Waals surface area contributed by atoms with Gasteiger partial charge < -0.3 is 15.4 Å². The second kappa shape index (κ2) is 34.0. The molecule has 0 fully saturated rings. The van der Waals surface area contributed by atoms with E-state index in [4.69, 9.17) is 17.0 Å². The summed E-state index contributed by atoms with van der Waals surface area (Å²) in [6.07, 6.45) is 0. The van der Waals surface area contributed by atoms with Crippen molar-refractivity contribution in [2.24, 2.45) is 0 Å². The van der Waals surface area contributed by atoms with Crippen LogP contribution in [0.25, 0.3) is 21.1 Å². The minimum Gasteiger partial charge on any atom is -0.470 e. The maximum Gasteiger partial charge on any atom is 0.340 e. The summed E-state index contributed by atoms with van der Waals surface area (Å²) in [5, 5.41) is 6.20. The zero-order chi connectivity index (χ0) is 46.5. The number of fused-ring (bicyclic) bond motifs is 1. The van der Waals surface area contributed by atoms with E-state index in [0.29, 0.717) is 28.2 Å². The average molecular weight is 1210 g/mol. The number of carbonyl (C=O) groups excluding carboxylic acids is 3. The summed E-state index contributed by atoms with van der Waals surface area (Å²) in [6, 6.07) is 26.0. The highest BCUT2D eigenvalue weighted by Gasteiger charge is 2.33. The molecule has 13 nitrogen and oxygen atoms in total. The molecule has 0 radical (unpaired) electrons. The Hall–Kier alpha value is -1.41. The molecular formula is C31H27N5O8S19. The highest BCUT2D eigenvalue weighted by atomic mass is 33.4. The Kier molecular flexibility index (Phi) is 31.1. The van der Waals surface area contributed by atoms with Gasteiger partial charge in [0.25, 0.3) is 15.7 Å². The van der Waals surface area contributed by atoms with Gasteiger partial charge in [0.1, 0.15) is 10.0 Å². The molecule has 2 amide bonds. The molecule has 0 atom stereocenters. The SMILES string of the molecule is CCOc1nc(=O)ss1.CNC(=O)SSC(=O)NC.O=C1SS(=O)(=O)c2ccccc21.O=c1nc(-c2ccccc2)ss1.S=S=S=S=S=S=S=S.S=c1nc(-c2ccccc2)ss1. The van der Waals surface area contributed by atoms with Crippen LogP contribution in [-0.4, -0.2) is 59.7 Å². The fourth-order valence-electron chi connectivity index (χ4n) is 3.39. The topological polar surface area (TPSA) is 191 Å². The molecule has 3 aromatic carbocycles. The van der Waals surface area contributed by atoms with Crippen molar-refractivity contribution in [1.82, 2.24) is 25.6 Å². The van der Waals surface area contributed by atoms with Crippen LogP contribution < -0.4 is 25.1 Å². The molecule has 0 spiro atoms. The average Bonchev–Trinajstić information content (AvgIpc) is 4.10. The number of hydrogen-bond donors (Lipinski definition) is 2. The Morgan fingerprint density at radius 1 is 0.651 bits per heavy atom. The molecule has 0 unspecified atom stereocenters. The first kappa shape index (κ1) is 57.7. The minimum absolute atomic E-state index is 0.112. The summed E-state index contributed by atoms with van der Waals surface area (Å²) < 4.78 is 28.1. The molecule has 32 heteroatoms. The lowest BCUT2D eigenvalue weighted by molar-refractivity contribution is 0.108. The third-order valence-electron chi connectivity index (χ3n) is 5.75. The number of nitrogens with zero attached hydrogens (tertiary/aromatic N) is 3. The Morgan fingerprint density at radius 2 is 1.13 bits per heavy atom. The van der Waals surface area contributed by atoms with Gasteiger partial charge in [-0.15, -0.1) is 0 Å². The lowest BCUT2D eigenvalue weighted by Gasteiger charge is -1.95.